The second-order valence-electron chi connectivity index (χ2n) is 13.0. The van der Waals surface area contributed by atoms with Crippen molar-refractivity contribution in [1.29, 1.82) is 0 Å². The lowest BCUT2D eigenvalue weighted by atomic mass is 9.80. The number of urea groups is 1. The number of hydrogen-bond donors (Lipinski definition) is 8. The summed E-state index contributed by atoms with van der Waals surface area (Å²) in [5.41, 5.74) is 0.809. The molecule has 0 spiro atoms. The highest BCUT2D eigenvalue weighted by Gasteiger charge is 2.30. The fourth-order valence-corrected chi connectivity index (χ4v) is 6.37. The normalized spacial score (nSPS) is 17.4. The molecular formula is C36H51N5O10. The molecule has 4 amide bonds. The van der Waals surface area contributed by atoms with Crippen LogP contribution >= 0.6 is 0 Å². The molecule has 3 rings (SSSR count). The molecule has 15 nitrogen and oxygen atoms in total. The van der Waals surface area contributed by atoms with E-state index in [1.165, 1.54) is 0 Å². The van der Waals surface area contributed by atoms with E-state index >= 15 is 0 Å². The Morgan fingerprint density at radius 2 is 1.49 bits per heavy atom. The van der Waals surface area contributed by atoms with Crippen LogP contribution in [0, 0.1) is 11.8 Å². The van der Waals surface area contributed by atoms with Gasteiger partial charge < -0.3 is 46.6 Å². The van der Waals surface area contributed by atoms with Crippen LogP contribution in [0.25, 0.3) is 10.8 Å². The minimum absolute atomic E-state index is 0.0144. The highest BCUT2D eigenvalue weighted by Crippen LogP contribution is 2.31. The van der Waals surface area contributed by atoms with Crippen molar-refractivity contribution >= 4 is 46.5 Å². The van der Waals surface area contributed by atoms with E-state index in [1.54, 1.807) is 7.11 Å². The first-order valence-electron chi connectivity index (χ1n) is 17.4. The van der Waals surface area contributed by atoms with Crippen molar-refractivity contribution < 1.29 is 48.8 Å². The zero-order valence-corrected chi connectivity index (χ0v) is 29.2. The van der Waals surface area contributed by atoms with Crippen molar-refractivity contribution in [3.8, 4) is 5.75 Å². The minimum atomic E-state index is -1.51. The lowest BCUT2D eigenvalue weighted by molar-refractivity contribution is -0.141. The van der Waals surface area contributed by atoms with E-state index in [0.29, 0.717) is 18.1 Å². The van der Waals surface area contributed by atoms with Gasteiger partial charge in [-0.3, -0.25) is 14.4 Å². The molecule has 8 N–H and O–H groups in total. The van der Waals surface area contributed by atoms with Crippen LogP contribution in [0.15, 0.2) is 36.4 Å². The van der Waals surface area contributed by atoms with Crippen LogP contribution in [0.4, 0.5) is 4.79 Å². The molecule has 51 heavy (non-hydrogen) atoms. The van der Waals surface area contributed by atoms with Gasteiger partial charge >= 0.3 is 23.9 Å². The number of benzene rings is 2. The first-order valence-corrected chi connectivity index (χ1v) is 17.4. The number of unbranched alkanes of at least 4 members (excludes halogenated alkanes) is 1. The Bertz CT molecular complexity index is 1510. The summed E-state index contributed by atoms with van der Waals surface area (Å²) < 4.78 is 5.61. The summed E-state index contributed by atoms with van der Waals surface area (Å²) in [5.74, 6) is -3.52. The summed E-state index contributed by atoms with van der Waals surface area (Å²) in [6, 6.07) is 6.78. The third-order valence-electron chi connectivity index (χ3n) is 9.27. The molecule has 1 fully saturated rings. The van der Waals surface area contributed by atoms with Gasteiger partial charge in [-0.05, 0) is 94.3 Å². The molecule has 2 aromatic rings. The number of nitrogens with one attached hydrogen (secondary N) is 5. The van der Waals surface area contributed by atoms with Gasteiger partial charge in [-0.2, -0.15) is 0 Å². The monoisotopic (exact) mass is 713 g/mol. The van der Waals surface area contributed by atoms with Crippen molar-refractivity contribution in [3.63, 3.8) is 0 Å². The number of aliphatic carboxylic acids is 3. The maximum Gasteiger partial charge on any atom is 0.326 e. The SMILES string of the molecule is CNCCC1CCC(C(=O)N[C@H](Cc2cc(OC)c3ccccc3c2)C(=O)NCCCC[C@H](NC(=O)N[C@@H](CCC(=O)O)C(=O)O)C(=O)O)CC1. The van der Waals surface area contributed by atoms with Crippen LogP contribution < -0.4 is 31.3 Å². The van der Waals surface area contributed by atoms with Crippen molar-refractivity contribution in [2.45, 2.75) is 88.8 Å². The molecule has 0 aliphatic heterocycles. The smallest absolute Gasteiger partial charge is 0.326 e. The molecule has 0 aromatic heterocycles. The standard InChI is InChI=1S/C36H51N5O10/c1-37-18-16-22-10-12-24(13-11-22)32(44)39-29(20-23-19-25-7-3-4-8-26(25)30(21-23)51-2)33(45)38-17-6-5-9-27(34(46)47)40-36(50)41-28(35(48)49)14-15-31(42)43/h3-4,7-8,19,21-22,24,27-29,37H,5-6,9-18,20H2,1-2H3,(H,38,45)(H,39,44)(H,42,43)(H,46,47)(H,48,49)(H2,40,41,50)/t22?,24?,27-,28-,29+/m0/s1. The zero-order valence-electron chi connectivity index (χ0n) is 29.2. The van der Waals surface area contributed by atoms with Gasteiger partial charge in [0.25, 0.3) is 0 Å². The Morgan fingerprint density at radius 3 is 2.12 bits per heavy atom. The minimum Gasteiger partial charge on any atom is -0.496 e. The Labute approximate surface area is 297 Å². The number of carboxylic acid groups (broad SMARTS) is 3. The summed E-state index contributed by atoms with van der Waals surface area (Å²) >= 11 is 0. The number of methoxy groups -OCH3 is 1. The molecule has 3 atom stereocenters. The maximum atomic E-state index is 13.5. The summed E-state index contributed by atoms with van der Waals surface area (Å²) in [4.78, 5) is 73.2. The number of carboxylic acids is 3. The quantitative estimate of drug-likeness (QED) is 0.0877. The third kappa shape index (κ3) is 13.4. The number of rotatable bonds is 21. The zero-order chi connectivity index (χ0) is 37.3. The maximum absolute atomic E-state index is 13.5. The molecule has 0 unspecified atom stereocenters. The van der Waals surface area contributed by atoms with Crippen LogP contribution in [0.1, 0.15) is 69.8 Å². The second kappa shape index (κ2) is 20.7. The van der Waals surface area contributed by atoms with Crippen LogP contribution in [0.3, 0.4) is 0 Å². The van der Waals surface area contributed by atoms with Gasteiger partial charge in [0.15, 0.2) is 0 Å². The molecule has 1 aliphatic rings. The Balaban J connectivity index is 1.60. The fourth-order valence-electron chi connectivity index (χ4n) is 6.37. The predicted molar refractivity (Wildman–Crippen MR) is 188 cm³/mol. The van der Waals surface area contributed by atoms with E-state index in [4.69, 9.17) is 9.84 Å². The van der Waals surface area contributed by atoms with E-state index in [1.807, 2.05) is 43.4 Å². The second-order valence-corrected chi connectivity index (χ2v) is 13.0. The molecule has 0 heterocycles. The molecule has 2 aromatic carbocycles. The predicted octanol–water partition coefficient (Wildman–Crippen LogP) is 2.65. The first kappa shape index (κ1) is 40.5. The fraction of sp³-hybridized carbons (Fsp3) is 0.556. The Kier molecular flexibility index (Phi) is 16.4. The lowest BCUT2D eigenvalue weighted by Gasteiger charge is -2.29. The third-order valence-corrected chi connectivity index (χ3v) is 9.27. The number of hydrogen-bond acceptors (Lipinski definition) is 8. The molecule has 0 radical (unpaired) electrons. The molecule has 280 valence electrons. The van der Waals surface area contributed by atoms with E-state index < -0.39 is 48.5 Å². The van der Waals surface area contributed by atoms with Gasteiger partial charge in [-0.1, -0.05) is 30.3 Å². The van der Waals surface area contributed by atoms with Crippen LogP contribution in [0.5, 0.6) is 5.75 Å². The number of carbonyl (C=O) groups excluding carboxylic acids is 3. The van der Waals surface area contributed by atoms with Crippen LogP contribution in [-0.4, -0.2) is 96.4 Å². The first-order chi connectivity index (χ1) is 24.4. The molecular weight excluding hydrogens is 662 g/mol. The molecule has 0 bridgehead atoms. The van der Waals surface area contributed by atoms with Crippen molar-refractivity contribution in [3.05, 3.63) is 42.0 Å². The van der Waals surface area contributed by atoms with Gasteiger partial charge in [-0.15, -0.1) is 0 Å². The lowest BCUT2D eigenvalue weighted by Crippen LogP contribution is -2.51. The Hall–Kier alpha value is -4.92. The molecule has 0 saturated heterocycles. The van der Waals surface area contributed by atoms with E-state index in [0.717, 1.165) is 55.0 Å². The van der Waals surface area contributed by atoms with Crippen LogP contribution in [-0.2, 0) is 30.4 Å². The molecule has 1 saturated carbocycles. The average Bonchev–Trinajstić information content (AvgIpc) is 3.10. The largest absolute Gasteiger partial charge is 0.496 e. The number of fused-ring (bicyclic) bond motifs is 1. The van der Waals surface area contributed by atoms with Gasteiger partial charge in [0.1, 0.15) is 23.9 Å². The van der Waals surface area contributed by atoms with Crippen molar-refractivity contribution in [2.75, 3.05) is 27.2 Å². The van der Waals surface area contributed by atoms with Crippen molar-refractivity contribution in [2.24, 2.45) is 11.8 Å². The number of ether oxygens (including phenoxy) is 1. The highest BCUT2D eigenvalue weighted by atomic mass is 16.5. The summed E-state index contributed by atoms with van der Waals surface area (Å²) in [7, 11) is 3.51. The molecule has 15 heteroatoms. The summed E-state index contributed by atoms with van der Waals surface area (Å²) in [6.45, 7) is 1.11. The molecule has 1 aliphatic carbocycles. The van der Waals surface area contributed by atoms with Gasteiger partial charge in [0, 0.05) is 30.7 Å². The summed E-state index contributed by atoms with van der Waals surface area (Å²) in [5, 5.41) is 42.8. The summed E-state index contributed by atoms with van der Waals surface area (Å²) in [6.07, 6.45) is 4.48. The van der Waals surface area contributed by atoms with Crippen LogP contribution in [0.2, 0.25) is 0 Å². The Morgan fingerprint density at radius 1 is 0.824 bits per heavy atom. The van der Waals surface area contributed by atoms with Gasteiger partial charge in [-0.25, -0.2) is 14.4 Å². The number of amides is 4. The van der Waals surface area contributed by atoms with Gasteiger partial charge in [0.05, 0.1) is 7.11 Å². The van der Waals surface area contributed by atoms with E-state index in [2.05, 4.69) is 26.6 Å². The highest BCUT2D eigenvalue weighted by molar-refractivity contribution is 5.91. The average molecular weight is 714 g/mol. The van der Waals surface area contributed by atoms with Gasteiger partial charge in [0.2, 0.25) is 11.8 Å². The number of carbonyl (C=O) groups is 6. The van der Waals surface area contributed by atoms with E-state index in [9.17, 15) is 39.0 Å². The van der Waals surface area contributed by atoms with E-state index in [-0.39, 0.29) is 50.0 Å². The van der Waals surface area contributed by atoms with Crippen molar-refractivity contribution in [1.82, 2.24) is 26.6 Å². The topological polar surface area (TPSA) is 232 Å².